The van der Waals surface area contributed by atoms with Gasteiger partial charge in [0.25, 0.3) is 5.91 Å². The Hall–Kier alpha value is -3.00. The molecule has 7 nitrogen and oxygen atoms in total. The number of aromatic nitrogens is 3. The number of nitrogens with zero attached hydrogens (tertiary/aromatic N) is 2. The Morgan fingerprint density at radius 3 is 2.78 bits per heavy atom. The summed E-state index contributed by atoms with van der Waals surface area (Å²) in [5.41, 5.74) is 1.39. The van der Waals surface area contributed by atoms with Gasteiger partial charge in [0.1, 0.15) is 17.0 Å². The third-order valence-electron chi connectivity index (χ3n) is 3.88. The van der Waals surface area contributed by atoms with Gasteiger partial charge in [-0.2, -0.15) is 0 Å². The summed E-state index contributed by atoms with van der Waals surface area (Å²) in [5.74, 6) is -0.951. The zero-order valence-corrected chi connectivity index (χ0v) is 15.7. The predicted octanol–water partition coefficient (Wildman–Crippen LogP) is 3.35. The lowest BCUT2D eigenvalue weighted by atomic mass is 10.0. The van der Waals surface area contributed by atoms with Crippen LogP contribution in [0.2, 0.25) is 5.02 Å². The highest BCUT2D eigenvalue weighted by Crippen LogP contribution is 2.26. The van der Waals surface area contributed by atoms with Gasteiger partial charge in [-0.25, -0.2) is 14.4 Å². The molecule has 0 saturated heterocycles. The van der Waals surface area contributed by atoms with E-state index >= 15 is 0 Å². The van der Waals surface area contributed by atoms with Gasteiger partial charge >= 0.3 is 0 Å². The number of carbonyl (C=O) groups is 1. The predicted molar refractivity (Wildman–Crippen MR) is 103 cm³/mol. The Morgan fingerprint density at radius 2 is 2.11 bits per heavy atom. The molecule has 9 heteroatoms. The summed E-state index contributed by atoms with van der Waals surface area (Å²) in [6.07, 6.45) is 2.87. The number of H-pyrrole nitrogens is 1. The number of benzene rings is 1. The van der Waals surface area contributed by atoms with Crippen LogP contribution in [-0.2, 0) is 0 Å². The minimum atomic E-state index is -0.648. The number of halogens is 2. The fourth-order valence-corrected chi connectivity index (χ4v) is 2.88. The third kappa shape index (κ3) is 3.61. The van der Waals surface area contributed by atoms with Crippen molar-refractivity contribution in [3.05, 3.63) is 52.2 Å². The van der Waals surface area contributed by atoms with Crippen LogP contribution in [0.5, 0.6) is 0 Å². The lowest BCUT2D eigenvalue weighted by molar-refractivity contribution is 0.0944. The highest BCUT2D eigenvalue weighted by molar-refractivity contribution is 6.31. The van der Waals surface area contributed by atoms with Crippen molar-refractivity contribution in [2.45, 2.75) is 19.9 Å². The van der Waals surface area contributed by atoms with E-state index in [1.807, 2.05) is 13.8 Å². The van der Waals surface area contributed by atoms with E-state index in [1.165, 1.54) is 18.5 Å². The van der Waals surface area contributed by atoms with Crippen LogP contribution in [0.3, 0.4) is 0 Å². The maximum absolute atomic E-state index is 14.5. The maximum Gasteiger partial charge on any atom is 0.255 e. The summed E-state index contributed by atoms with van der Waals surface area (Å²) in [5, 5.41) is 14.2. The second-order valence-electron chi connectivity index (χ2n) is 6.22. The molecule has 0 fully saturated rings. The Labute approximate surface area is 159 Å². The van der Waals surface area contributed by atoms with E-state index in [0.717, 1.165) is 6.07 Å². The van der Waals surface area contributed by atoms with Crippen LogP contribution in [0.1, 0.15) is 35.5 Å². The van der Waals surface area contributed by atoms with Crippen molar-refractivity contribution in [3.63, 3.8) is 0 Å². The number of hydrogen-bond acceptors (Lipinski definition) is 5. The van der Waals surface area contributed by atoms with E-state index in [-0.39, 0.29) is 33.9 Å². The van der Waals surface area contributed by atoms with Crippen LogP contribution < -0.4 is 10.6 Å². The van der Waals surface area contributed by atoms with Crippen LogP contribution in [0.4, 0.5) is 10.1 Å². The SMILES string of the molecule is CNc1cc(Cl)cc(F)c1C(=N)c1cnc2[nH]cc(C(=O)NC(C)C)c2n1. The van der Waals surface area contributed by atoms with Crippen LogP contribution in [0.25, 0.3) is 11.2 Å². The van der Waals surface area contributed by atoms with E-state index in [2.05, 4.69) is 25.6 Å². The third-order valence-corrected chi connectivity index (χ3v) is 4.09. The number of fused-ring (bicyclic) bond motifs is 1. The molecule has 0 aliphatic carbocycles. The summed E-state index contributed by atoms with van der Waals surface area (Å²) in [4.78, 5) is 23.8. The fourth-order valence-electron chi connectivity index (χ4n) is 2.68. The molecule has 0 radical (unpaired) electrons. The quantitative estimate of drug-likeness (QED) is 0.503. The smallest absolute Gasteiger partial charge is 0.255 e. The molecule has 140 valence electrons. The summed E-state index contributed by atoms with van der Waals surface area (Å²) >= 11 is 5.89. The molecule has 0 aliphatic rings. The minimum Gasteiger partial charge on any atom is -0.387 e. The van der Waals surface area contributed by atoms with Crippen molar-refractivity contribution in [2.24, 2.45) is 0 Å². The number of rotatable bonds is 5. The number of hydrogen-bond donors (Lipinski definition) is 4. The van der Waals surface area contributed by atoms with Gasteiger partial charge in [-0.1, -0.05) is 11.6 Å². The first-order valence-corrected chi connectivity index (χ1v) is 8.60. The number of anilines is 1. The average molecular weight is 389 g/mol. The number of aromatic amines is 1. The van der Waals surface area contributed by atoms with Crippen LogP contribution in [0.15, 0.2) is 24.5 Å². The van der Waals surface area contributed by atoms with Crippen LogP contribution in [0, 0.1) is 11.2 Å². The van der Waals surface area contributed by atoms with Gasteiger partial charge in [-0.05, 0) is 26.0 Å². The van der Waals surface area contributed by atoms with Gasteiger partial charge in [0.05, 0.1) is 23.0 Å². The summed E-state index contributed by atoms with van der Waals surface area (Å²) in [7, 11) is 1.61. The van der Waals surface area contributed by atoms with Crippen molar-refractivity contribution < 1.29 is 9.18 Å². The van der Waals surface area contributed by atoms with Crippen molar-refractivity contribution in [1.82, 2.24) is 20.3 Å². The molecule has 0 spiro atoms. The van der Waals surface area contributed by atoms with E-state index in [0.29, 0.717) is 22.4 Å². The molecule has 2 aromatic heterocycles. The van der Waals surface area contributed by atoms with Gasteiger partial charge in [-0.15, -0.1) is 0 Å². The average Bonchev–Trinajstić information content (AvgIpc) is 3.03. The Kier molecular flexibility index (Phi) is 5.09. The number of amides is 1. The fraction of sp³-hybridized carbons (Fsp3) is 0.222. The van der Waals surface area contributed by atoms with Crippen molar-refractivity contribution in [2.75, 3.05) is 12.4 Å². The van der Waals surface area contributed by atoms with E-state index in [9.17, 15) is 9.18 Å². The molecule has 2 heterocycles. The van der Waals surface area contributed by atoms with E-state index in [4.69, 9.17) is 17.0 Å². The first kappa shape index (κ1) is 18.8. The molecule has 1 amide bonds. The zero-order chi connectivity index (χ0) is 19.7. The number of nitrogens with one attached hydrogen (secondary N) is 4. The Balaban J connectivity index is 2.08. The van der Waals surface area contributed by atoms with Gasteiger partial charge < -0.3 is 15.6 Å². The molecule has 3 rings (SSSR count). The molecular formula is C18H18ClFN6O. The molecule has 27 heavy (non-hydrogen) atoms. The molecule has 0 saturated carbocycles. The monoisotopic (exact) mass is 388 g/mol. The highest BCUT2D eigenvalue weighted by Gasteiger charge is 2.20. The standard InChI is InChI=1S/C18H18ClFN6O/c1-8(2)25-18(27)10-6-23-17-16(10)26-13(7-24-17)15(21)14-11(20)4-9(19)5-12(14)22-3/h4-8,21-22H,1-3H3,(H,23,24)(H,25,27). The highest BCUT2D eigenvalue weighted by atomic mass is 35.5. The topological polar surface area (TPSA) is 107 Å². The first-order valence-electron chi connectivity index (χ1n) is 8.23. The van der Waals surface area contributed by atoms with Gasteiger partial charge in [0.15, 0.2) is 5.65 Å². The van der Waals surface area contributed by atoms with Gasteiger partial charge in [-0.3, -0.25) is 10.2 Å². The Morgan fingerprint density at radius 1 is 1.37 bits per heavy atom. The molecule has 0 unspecified atom stereocenters. The lowest BCUT2D eigenvalue weighted by Crippen LogP contribution is -2.30. The minimum absolute atomic E-state index is 0.0271. The molecule has 4 N–H and O–H groups in total. The van der Waals surface area contributed by atoms with Gasteiger partial charge in [0, 0.05) is 30.0 Å². The molecular weight excluding hydrogens is 371 g/mol. The van der Waals surface area contributed by atoms with E-state index in [1.54, 1.807) is 7.05 Å². The van der Waals surface area contributed by atoms with Crippen LogP contribution in [-0.4, -0.2) is 39.7 Å². The summed E-state index contributed by atoms with van der Waals surface area (Å²) in [6.45, 7) is 3.70. The zero-order valence-electron chi connectivity index (χ0n) is 14.9. The van der Waals surface area contributed by atoms with Crippen LogP contribution >= 0.6 is 11.6 Å². The Bertz CT molecular complexity index is 1050. The molecule has 0 bridgehead atoms. The van der Waals surface area contributed by atoms with Crippen molar-refractivity contribution >= 4 is 40.1 Å². The largest absolute Gasteiger partial charge is 0.387 e. The first-order chi connectivity index (χ1) is 12.8. The summed E-state index contributed by atoms with van der Waals surface area (Å²) in [6, 6.07) is 2.62. The molecule has 3 aromatic rings. The van der Waals surface area contributed by atoms with Gasteiger partial charge in [0.2, 0.25) is 0 Å². The molecule has 0 atom stereocenters. The molecule has 0 aliphatic heterocycles. The van der Waals surface area contributed by atoms with Crippen molar-refractivity contribution in [1.29, 1.82) is 5.41 Å². The maximum atomic E-state index is 14.5. The normalized spacial score (nSPS) is 11.0. The second-order valence-corrected chi connectivity index (χ2v) is 6.65. The lowest BCUT2D eigenvalue weighted by Gasteiger charge is -2.12. The number of carbonyl (C=O) groups excluding carboxylic acids is 1. The van der Waals surface area contributed by atoms with E-state index < -0.39 is 5.82 Å². The second kappa shape index (κ2) is 7.32. The van der Waals surface area contributed by atoms with Crippen molar-refractivity contribution in [3.8, 4) is 0 Å². The summed E-state index contributed by atoms with van der Waals surface area (Å²) < 4.78 is 14.5. The molecule has 1 aromatic carbocycles.